The van der Waals surface area contributed by atoms with Gasteiger partial charge in [-0.15, -0.1) is 5.10 Å². The number of aliphatic hydroxyl groups is 1. The first-order valence-corrected chi connectivity index (χ1v) is 14.6. The van der Waals surface area contributed by atoms with Crippen molar-refractivity contribution in [3.05, 3.63) is 87.3 Å². The third kappa shape index (κ3) is 5.61. The number of halogens is 3. The Bertz CT molecular complexity index is 1920. The Labute approximate surface area is 260 Å². The van der Waals surface area contributed by atoms with E-state index < -0.39 is 17.4 Å². The topological polar surface area (TPSA) is 146 Å². The molecule has 0 saturated heterocycles. The molecule has 0 saturated carbocycles. The molecule has 2 atom stereocenters. The average molecular weight is 638 g/mol. The van der Waals surface area contributed by atoms with Crippen molar-refractivity contribution in [1.82, 2.24) is 39.3 Å². The summed E-state index contributed by atoms with van der Waals surface area (Å²) in [6.45, 7) is 1.91. The number of nitrogens with zero attached hydrogens (tertiary/aromatic N) is 8. The van der Waals surface area contributed by atoms with E-state index in [1.807, 2.05) is 13.0 Å². The molecule has 15 heteroatoms. The van der Waals surface area contributed by atoms with Crippen molar-refractivity contribution in [3.63, 3.8) is 0 Å². The first kappa shape index (κ1) is 29.6. The molecule has 226 valence electrons. The van der Waals surface area contributed by atoms with Gasteiger partial charge in [0.15, 0.2) is 11.0 Å². The lowest BCUT2D eigenvalue weighted by Gasteiger charge is -2.22. The summed E-state index contributed by atoms with van der Waals surface area (Å²) in [7, 11) is 0. The number of nitrogens with one attached hydrogen (secondary N) is 1. The third-order valence-electron chi connectivity index (χ3n) is 7.58. The fourth-order valence-electron chi connectivity index (χ4n) is 5.37. The fourth-order valence-corrected chi connectivity index (χ4v) is 5.66. The highest BCUT2D eigenvalue weighted by molar-refractivity contribution is 6.31. The second-order valence-corrected chi connectivity index (χ2v) is 11.2. The van der Waals surface area contributed by atoms with Crippen LogP contribution in [0.1, 0.15) is 37.9 Å². The number of fused-ring (bicyclic) bond motifs is 4. The van der Waals surface area contributed by atoms with Crippen LogP contribution in [0.25, 0.3) is 28.2 Å². The Balaban J connectivity index is 1.46. The van der Waals surface area contributed by atoms with Gasteiger partial charge in [0.1, 0.15) is 0 Å². The minimum Gasteiger partial charge on any atom is -0.394 e. The predicted molar refractivity (Wildman–Crippen MR) is 161 cm³/mol. The molecule has 44 heavy (non-hydrogen) atoms. The van der Waals surface area contributed by atoms with Crippen LogP contribution >= 0.6 is 23.2 Å². The summed E-state index contributed by atoms with van der Waals surface area (Å²) in [6, 6.07) is 7.21. The molecule has 0 aliphatic carbocycles. The van der Waals surface area contributed by atoms with E-state index in [1.165, 1.54) is 40.0 Å². The van der Waals surface area contributed by atoms with Gasteiger partial charge in [0.2, 0.25) is 5.91 Å². The monoisotopic (exact) mass is 637 g/mol. The SMILES string of the molecule is C[C@@H]1CCC[C@H](n2cnc(-c3c(-n4cc(Cl)nn4)ccc(Cl)c3F)cc2=O)c2cc(ccn2)-c2c(cnn2CCO)NC1=O. The fraction of sp³-hybridized carbons (Fsp3) is 0.276. The van der Waals surface area contributed by atoms with E-state index in [0.29, 0.717) is 41.9 Å². The number of aromatic nitrogens is 8. The Morgan fingerprint density at radius 1 is 1.14 bits per heavy atom. The van der Waals surface area contributed by atoms with Gasteiger partial charge in [-0.2, -0.15) is 5.10 Å². The lowest BCUT2D eigenvalue weighted by molar-refractivity contribution is -0.119. The number of hydrogen-bond donors (Lipinski definition) is 2. The quantitative estimate of drug-likeness (QED) is 0.286. The molecular weight excluding hydrogens is 612 g/mol. The van der Waals surface area contributed by atoms with Crippen LogP contribution in [0, 0.1) is 11.7 Å². The summed E-state index contributed by atoms with van der Waals surface area (Å²) in [5, 5.41) is 24.6. The minimum atomic E-state index is -0.775. The van der Waals surface area contributed by atoms with E-state index in [0.717, 1.165) is 0 Å². The molecule has 6 rings (SSSR count). The summed E-state index contributed by atoms with van der Waals surface area (Å²) in [6.07, 6.45) is 7.58. The van der Waals surface area contributed by atoms with E-state index in [1.54, 1.807) is 23.1 Å². The average Bonchev–Trinajstić information content (AvgIpc) is 3.62. The number of rotatable bonds is 5. The van der Waals surface area contributed by atoms with Crippen molar-refractivity contribution < 1.29 is 14.3 Å². The molecule has 1 aliphatic rings. The standard InChI is InChI=1S/C29H26Cl2FN9O3/c1-16-3-2-4-22(19-11-17(7-8-33-19)28-21(36-29(16)44)13-35-40(28)9-10-42)39-15-34-20(12-25(39)43)26-23(6-5-18(30)27(26)32)41-14-24(31)37-38-41/h5-8,11-16,22,42H,2-4,9-10H2,1H3,(H,36,44)/t16-,22+/m1/s1. The number of amides is 1. The van der Waals surface area contributed by atoms with Crippen molar-refractivity contribution in [3.8, 4) is 28.2 Å². The van der Waals surface area contributed by atoms with Crippen molar-refractivity contribution in [2.45, 2.75) is 38.8 Å². The molecule has 5 heterocycles. The Hall–Kier alpha value is -4.46. The lowest BCUT2D eigenvalue weighted by Crippen LogP contribution is -2.27. The maximum atomic E-state index is 15.4. The van der Waals surface area contributed by atoms with Gasteiger partial charge in [-0.3, -0.25) is 23.8 Å². The molecule has 2 bridgehead atoms. The maximum Gasteiger partial charge on any atom is 0.254 e. The molecule has 2 N–H and O–H groups in total. The van der Waals surface area contributed by atoms with Crippen molar-refractivity contribution in [2.24, 2.45) is 5.92 Å². The van der Waals surface area contributed by atoms with E-state index >= 15 is 4.39 Å². The summed E-state index contributed by atoms with van der Waals surface area (Å²) >= 11 is 12.1. The van der Waals surface area contributed by atoms with Crippen LogP contribution in [0.15, 0.2) is 60.0 Å². The van der Waals surface area contributed by atoms with Gasteiger partial charge < -0.3 is 10.4 Å². The molecule has 5 aromatic rings. The highest BCUT2D eigenvalue weighted by Gasteiger charge is 2.25. The second kappa shape index (κ2) is 12.3. The summed E-state index contributed by atoms with van der Waals surface area (Å²) < 4.78 is 19.8. The van der Waals surface area contributed by atoms with Gasteiger partial charge in [-0.05, 0) is 37.1 Å². The molecule has 12 nitrogen and oxygen atoms in total. The van der Waals surface area contributed by atoms with Crippen LogP contribution in [0.4, 0.5) is 10.1 Å². The van der Waals surface area contributed by atoms with Gasteiger partial charge >= 0.3 is 0 Å². The Morgan fingerprint density at radius 2 is 1.98 bits per heavy atom. The maximum absolute atomic E-state index is 15.4. The van der Waals surface area contributed by atoms with E-state index in [-0.39, 0.29) is 52.1 Å². The first-order chi connectivity index (χ1) is 21.2. The number of aliphatic hydroxyl groups excluding tert-OH is 1. The zero-order chi connectivity index (χ0) is 31.0. The third-order valence-corrected chi connectivity index (χ3v) is 8.05. The molecule has 1 aliphatic heterocycles. The van der Waals surface area contributed by atoms with Crippen molar-refractivity contribution in [1.29, 1.82) is 0 Å². The summed E-state index contributed by atoms with van der Waals surface area (Å²) in [4.78, 5) is 35.8. The summed E-state index contributed by atoms with van der Waals surface area (Å²) in [5.74, 6) is -1.25. The number of hydrogen-bond acceptors (Lipinski definition) is 8. The van der Waals surface area contributed by atoms with Crippen LogP contribution in [0.3, 0.4) is 0 Å². The van der Waals surface area contributed by atoms with E-state index in [4.69, 9.17) is 23.2 Å². The number of carbonyl (C=O) groups excluding carboxylic acids is 1. The number of anilines is 1. The van der Waals surface area contributed by atoms with Gasteiger partial charge in [0.25, 0.3) is 5.56 Å². The normalized spacial score (nSPS) is 17.0. The molecule has 1 aromatic carbocycles. The lowest BCUT2D eigenvalue weighted by atomic mass is 9.97. The summed E-state index contributed by atoms with van der Waals surface area (Å²) in [5.41, 5.74) is 2.23. The van der Waals surface area contributed by atoms with Gasteiger partial charge in [0.05, 0.1) is 77.0 Å². The minimum absolute atomic E-state index is 0.0355. The Morgan fingerprint density at radius 3 is 2.73 bits per heavy atom. The molecule has 4 aromatic heterocycles. The highest BCUT2D eigenvalue weighted by Crippen LogP contribution is 2.34. The second-order valence-electron chi connectivity index (χ2n) is 10.4. The van der Waals surface area contributed by atoms with Crippen LogP contribution in [-0.4, -0.2) is 56.9 Å². The largest absolute Gasteiger partial charge is 0.394 e. The van der Waals surface area contributed by atoms with Crippen molar-refractivity contribution in [2.75, 3.05) is 11.9 Å². The molecule has 0 fully saturated rings. The smallest absolute Gasteiger partial charge is 0.254 e. The molecule has 0 spiro atoms. The van der Waals surface area contributed by atoms with Crippen molar-refractivity contribution >= 4 is 34.8 Å². The van der Waals surface area contributed by atoms with Gasteiger partial charge in [0, 0.05) is 23.7 Å². The molecule has 0 radical (unpaired) electrons. The molecule has 1 amide bonds. The molecular formula is C29H26Cl2FN9O3. The van der Waals surface area contributed by atoms with Gasteiger partial charge in [-0.1, -0.05) is 41.8 Å². The van der Waals surface area contributed by atoms with Crippen LogP contribution in [0.5, 0.6) is 0 Å². The predicted octanol–water partition coefficient (Wildman–Crippen LogP) is 4.54. The molecule has 0 unspecified atom stereocenters. The van der Waals surface area contributed by atoms with E-state index in [2.05, 4.69) is 30.7 Å². The number of benzene rings is 1. The van der Waals surface area contributed by atoms with Crippen LogP contribution in [-0.2, 0) is 11.3 Å². The highest BCUT2D eigenvalue weighted by atomic mass is 35.5. The number of carbonyl (C=O) groups is 1. The Kier molecular flexibility index (Phi) is 8.25. The first-order valence-electron chi connectivity index (χ1n) is 13.8. The number of pyridine rings is 1. The zero-order valence-electron chi connectivity index (χ0n) is 23.4. The zero-order valence-corrected chi connectivity index (χ0v) is 24.9. The van der Waals surface area contributed by atoms with Gasteiger partial charge in [-0.25, -0.2) is 14.1 Å². The van der Waals surface area contributed by atoms with Crippen LogP contribution in [0.2, 0.25) is 10.2 Å². The van der Waals surface area contributed by atoms with Crippen LogP contribution < -0.4 is 10.9 Å². The van der Waals surface area contributed by atoms with E-state index in [9.17, 15) is 14.7 Å².